The van der Waals surface area contributed by atoms with E-state index in [1.165, 1.54) is 4.80 Å². The van der Waals surface area contributed by atoms with E-state index < -0.39 is 5.91 Å². The molecule has 3 aromatic rings. The molecule has 10 heteroatoms. The molecule has 1 fully saturated rings. The molecular weight excluding hydrogens is 370 g/mol. The van der Waals surface area contributed by atoms with E-state index in [0.717, 1.165) is 31.4 Å². The molecule has 6 N–H and O–H groups in total. The molecule has 29 heavy (non-hydrogen) atoms. The smallest absolute Gasteiger partial charge is 0.269 e. The van der Waals surface area contributed by atoms with Crippen LogP contribution in [0.2, 0.25) is 0 Å². The normalized spacial score (nSPS) is 18.9. The Bertz CT molecular complexity index is 989. The van der Waals surface area contributed by atoms with E-state index in [0.29, 0.717) is 17.3 Å². The Hall–Kier alpha value is -3.53. The summed E-state index contributed by atoms with van der Waals surface area (Å²) in [6.45, 7) is 0. The Balaban J connectivity index is 1.60. The third kappa shape index (κ3) is 4.32. The predicted octanol–water partition coefficient (Wildman–Crippen LogP) is 1.58. The van der Waals surface area contributed by atoms with Crippen molar-refractivity contribution >= 4 is 23.1 Å². The van der Waals surface area contributed by atoms with Gasteiger partial charge in [0.1, 0.15) is 5.82 Å². The average molecular weight is 393 g/mol. The van der Waals surface area contributed by atoms with Crippen molar-refractivity contribution in [2.45, 2.75) is 37.8 Å². The zero-order valence-electron chi connectivity index (χ0n) is 15.8. The van der Waals surface area contributed by atoms with Gasteiger partial charge in [-0.05, 0) is 31.0 Å². The van der Waals surface area contributed by atoms with Gasteiger partial charge >= 0.3 is 0 Å². The topological polar surface area (TPSA) is 150 Å². The van der Waals surface area contributed by atoms with Gasteiger partial charge in [0.2, 0.25) is 0 Å². The molecule has 4 rings (SSSR count). The molecule has 2 atom stereocenters. The minimum absolute atomic E-state index is 0.0934. The Morgan fingerprint density at radius 3 is 2.72 bits per heavy atom. The van der Waals surface area contributed by atoms with Crippen LogP contribution in [0.4, 0.5) is 17.2 Å². The van der Waals surface area contributed by atoms with E-state index in [1.807, 2.05) is 6.07 Å². The second-order valence-electron chi connectivity index (χ2n) is 7.01. The van der Waals surface area contributed by atoms with Crippen molar-refractivity contribution in [3.63, 3.8) is 0 Å². The van der Waals surface area contributed by atoms with Crippen LogP contribution >= 0.6 is 0 Å². The third-order valence-corrected chi connectivity index (χ3v) is 4.91. The molecule has 0 bridgehead atoms. The van der Waals surface area contributed by atoms with E-state index >= 15 is 0 Å². The van der Waals surface area contributed by atoms with Crippen molar-refractivity contribution in [1.82, 2.24) is 25.0 Å². The molecule has 1 aliphatic rings. The SMILES string of the molecule is NC(=O)c1ncc(NC2CCCCC2N)cc1Nc1cccc(-n2nccn2)n1. The van der Waals surface area contributed by atoms with Crippen LogP contribution in [0.5, 0.6) is 0 Å². The van der Waals surface area contributed by atoms with E-state index in [-0.39, 0.29) is 17.8 Å². The highest BCUT2D eigenvalue weighted by molar-refractivity contribution is 5.97. The van der Waals surface area contributed by atoms with Crippen LogP contribution in [0.25, 0.3) is 5.82 Å². The number of hydrogen-bond donors (Lipinski definition) is 4. The van der Waals surface area contributed by atoms with Gasteiger partial charge < -0.3 is 22.1 Å². The van der Waals surface area contributed by atoms with Gasteiger partial charge in [0.25, 0.3) is 5.91 Å². The minimum atomic E-state index is -0.627. The van der Waals surface area contributed by atoms with Crippen molar-refractivity contribution < 1.29 is 4.79 Å². The number of amides is 1. The van der Waals surface area contributed by atoms with Crippen molar-refractivity contribution in [3.05, 3.63) is 48.5 Å². The molecule has 0 aromatic carbocycles. The zero-order chi connectivity index (χ0) is 20.2. The summed E-state index contributed by atoms with van der Waals surface area (Å²) >= 11 is 0. The lowest BCUT2D eigenvalue weighted by Crippen LogP contribution is -2.42. The van der Waals surface area contributed by atoms with E-state index in [4.69, 9.17) is 11.5 Å². The number of nitrogens with zero attached hydrogens (tertiary/aromatic N) is 5. The van der Waals surface area contributed by atoms with Crippen LogP contribution in [0.15, 0.2) is 42.9 Å². The van der Waals surface area contributed by atoms with Crippen LogP contribution in [0.1, 0.15) is 36.2 Å². The number of nitrogens with two attached hydrogens (primary N) is 2. The molecule has 0 radical (unpaired) electrons. The summed E-state index contributed by atoms with van der Waals surface area (Å²) in [7, 11) is 0. The van der Waals surface area contributed by atoms with Gasteiger partial charge in [-0.2, -0.15) is 10.2 Å². The summed E-state index contributed by atoms with van der Waals surface area (Å²) in [6.07, 6.45) is 9.03. The number of aromatic nitrogens is 5. The molecule has 0 aliphatic heterocycles. The molecule has 0 spiro atoms. The number of primary amides is 1. The first kappa shape index (κ1) is 18.8. The first-order valence-electron chi connectivity index (χ1n) is 9.53. The molecule has 1 amide bonds. The van der Waals surface area contributed by atoms with Crippen LogP contribution in [-0.2, 0) is 0 Å². The number of hydrogen-bond acceptors (Lipinski definition) is 8. The highest BCUT2D eigenvalue weighted by Gasteiger charge is 2.22. The Morgan fingerprint density at radius 2 is 1.97 bits per heavy atom. The number of nitrogens with one attached hydrogen (secondary N) is 2. The molecule has 10 nitrogen and oxygen atoms in total. The highest BCUT2D eigenvalue weighted by Crippen LogP contribution is 2.25. The lowest BCUT2D eigenvalue weighted by atomic mass is 9.91. The van der Waals surface area contributed by atoms with Gasteiger partial charge in [0.05, 0.1) is 30.0 Å². The Kier molecular flexibility index (Phi) is 5.34. The summed E-state index contributed by atoms with van der Waals surface area (Å²) in [6, 6.07) is 7.43. The second-order valence-corrected chi connectivity index (χ2v) is 7.01. The van der Waals surface area contributed by atoms with Crippen LogP contribution < -0.4 is 22.1 Å². The fraction of sp³-hybridized carbons (Fsp3) is 0.316. The van der Waals surface area contributed by atoms with Crippen molar-refractivity contribution in [1.29, 1.82) is 0 Å². The maximum absolute atomic E-state index is 11.9. The largest absolute Gasteiger partial charge is 0.379 e. The third-order valence-electron chi connectivity index (χ3n) is 4.91. The number of rotatable bonds is 6. The maximum atomic E-state index is 11.9. The Labute approximate surface area is 167 Å². The quantitative estimate of drug-likeness (QED) is 0.493. The molecule has 150 valence electrons. The van der Waals surface area contributed by atoms with Crippen molar-refractivity contribution in [2.75, 3.05) is 10.6 Å². The van der Waals surface area contributed by atoms with Gasteiger partial charge in [-0.25, -0.2) is 9.97 Å². The molecule has 0 saturated heterocycles. The standard InChI is InChI=1S/C19H23N9O/c20-13-4-1-2-5-14(13)25-12-10-15(18(19(21)29)22-11-12)26-16-6-3-7-17(27-16)28-23-8-9-24-28/h3,6-11,13-14,25H,1-2,4-5,20H2,(H2,21,29)(H,26,27). The first-order valence-corrected chi connectivity index (χ1v) is 9.53. The number of carbonyl (C=O) groups excluding carboxylic acids is 1. The molecular formula is C19H23N9O. The summed E-state index contributed by atoms with van der Waals surface area (Å²) in [5.41, 5.74) is 13.1. The average Bonchev–Trinajstić information content (AvgIpc) is 3.25. The molecule has 1 aliphatic carbocycles. The predicted molar refractivity (Wildman–Crippen MR) is 109 cm³/mol. The molecule has 3 heterocycles. The van der Waals surface area contributed by atoms with E-state index in [2.05, 4.69) is 30.8 Å². The Morgan fingerprint density at radius 1 is 1.17 bits per heavy atom. The van der Waals surface area contributed by atoms with Crippen molar-refractivity contribution in [3.8, 4) is 5.82 Å². The summed E-state index contributed by atoms with van der Waals surface area (Å²) in [4.78, 5) is 22.0. The molecule has 3 aromatic heterocycles. The lowest BCUT2D eigenvalue weighted by Gasteiger charge is -2.30. The van der Waals surface area contributed by atoms with Gasteiger partial charge in [-0.1, -0.05) is 18.9 Å². The van der Waals surface area contributed by atoms with E-state index in [9.17, 15) is 4.79 Å². The van der Waals surface area contributed by atoms with Gasteiger partial charge in [-0.15, -0.1) is 4.80 Å². The minimum Gasteiger partial charge on any atom is -0.379 e. The fourth-order valence-corrected chi connectivity index (χ4v) is 3.46. The lowest BCUT2D eigenvalue weighted by molar-refractivity contribution is 0.0996. The van der Waals surface area contributed by atoms with Crippen LogP contribution in [0.3, 0.4) is 0 Å². The fourth-order valence-electron chi connectivity index (χ4n) is 3.46. The number of pyridine rings is 2. The van der Waals surface area contributed by atoms with Gasteiger partial charge in [-0.3, -0.25) is 4.79 Å². The number of anilines is 3. The van der Waals surface area contributed by atoms with Gasteiger partial charge in [0, 0.05) is 12.1 Å². The maximum Gasteiger partial charge on any atom is 0.269 e. The first-order chi connectivity index (χ1) is 14.1. The summed E-state index contributed by atoms with van der Waals surface area (Å²) in [5, 5.41) is 14.7. The molecule has 1 saturated carbocycles. The van der Waals surface area contributed by atoms with Crippen LogP contribution in [0, 0.1) is 0 Å². The highest BCUT2D eigenvalue weighted by atomic mass is 16.1. The van der Waals surface area contributed by atoms with Crippen molar-refractivity contribution in [2.24, 2.45) is 11.5 Å². The summed E-state index contributed by atoms with van der Waals surface area (Å²) in [5.74, 6) is 0.421. The van der Waals surface area contributed by atoms with Gasteiger partial charge in [0.15, 0.2) is 11.5 Å². The monoisotopic (exact) mass is 393 g/mol. The number of carbonyl (C=O) groups is 1. The van der Waals surface area contributed by atoms with E-state index in [1.54, 1.807) is 36.8 Å². The molecule has 2 unspecified atom stereocenters. The van der Waals surface area contributed by atoms with Crippen LogP contribution in [-0.4, -0.2) is 43.0 Å². The second kappa shape index (κ2) is 8.23. The summed E-state index contributed by atoms with van der Waals surface area (Å²) < 4.78 is 0. The zero-order valence-corrected chi connectivity index (χ0v) is 15.8.